The van der Waals surface area contributed by atoms with E-state index in [0.29, 0.717) is 5.69 Å². The number of amides is 1. The fraction of sp³-hybridized carbons (Fsp3) is 0.417. The molecule has 0 spiro atoms. The van der Waals surface area contributed by atoms with E-state index >= 15 is 0 Å². The molecule has 0 fully saturated rings. The lowest BCUT2D eigenvalue weighted by atomic mass is 9.98. The first-order chi connectivity index (χ1) is 14.6. The molecule has 0 aromatic heterocycles. The Morgan fingerprint density at radius 3 is 2.39 bits per heavy atom. The summed E-state index contributed by atoms with van der Waals surface area (Å²) in [5, 5.41) is 2.78. The van der Waals surface area contributed by atoms with Crippen LogP contribution in [-0.2, 0) is 32.0 Å². The van der Waals surface area contributed by atoms with Crippen molar-refractivity contribution < 1.29 is 23.8 Å². The maximum atomic E-state index is 12.6. The Bertz CT molecular complexity index is 877. The van der Waals surface area contributed by atoms with Gasteiger partial charge < -0.3 is 25.3 Å². The largest absolute Gasteiger partial charge is 0.467 e. The van der Waals surface area contributed by atoms with Crippen molar-refractivity contribution in [2.45, 2.75) is 58.5 Å². The Balaban J connectivity index is 2.31. The summed E-state index contributed by atoms with van der Waals surface area (Å²) in [5.41, 5.74) is 8.71. The van der Waals surface area contributed by atoms with Gasteiger partial charge in [0.25, 0.3) is 0 Å². The molecule has 7 nitrogen and oxygen atoms in total. The van der Waals surface area contributed by atoms with E-state index in [1.807, 2.05) is 49.4 Å². The highest BCUT2D eigenvalue weighted by Gasteiger charge is 2.33. The quantitative estimate of drug-likeness (QED) is 0.490. The number of hydrogen-bond acceptors (Lipinski definition) is 6. The van der Waals surface area contributed by atoms with E-state index in [-0.39, 0.29) is 13.0 Å². The molecule has 3 N–H and O–H groups in total. The highest BCUT2D eigenvalue weighted by molar-refractivity contribution is 5.77. The summed E-state index contributed by atoms with van der Waals surface area (Å²) >= 11 is 0. The fourth-order valence-corrected chi connectivity index (χ4v) is 3.07. The number of carbonyl (C=O) groups is 2. The summed E-state index contributed by atoms with van der Waals surface area (Å²) in [6.45, 7) is 7.43. The first-order valence-corrected chi connectivity index (χ1v) is 10.2. The molecule has 2 aromatic rings. The van der Waals surface area contributed by atoms with Crippen LogP contribution in [0, 0.1) is 6.92 Å². The maximum Gasteiger partial charge on any atom is 0.407 e. The number of methoxy groups -OCH3 is 1. The standard InChI is InChI=1S/C24H32N2O5/c1-16-11-12-19(25)18(13-16)14-20(26-23(28)31-24(2,3)4)21(22(27)29-5)30-15-17-9-7-6-8-10-17/h6-13,20-21H,14-15,25H2,1-5H3,(H,26,28)/t20-,21-/m0/s1. The Hall–Kier alpha value is -3.06. The van der Waals surface area contributed by atoms with Gasteiger partial charge in [-0.25, -0.2) is 9.59 Å². The van der Waals surface area contributed by atoms with Crippen molar-refractivity contribution in [3.63, 3.8) is 0 Å². The first-order valence-electron chi connectivity index (χ1n) is 10.2. The van der Waals surface area contributed by atoms with Gasteiger partial charge in [-0.3, -0.25) is 0 Å². The zero-order valence-corrected chi connectivity index (χ0v) is 18.8. The van der Waals surface area contributed by atoms with E-state index in [2.05, 4.69) is 5.32 Å². The molecule has 0 radical (unpaired) electrons. The lowest BCUT2D eigenvalue weighted by molar-refractivity contribution is -0.157. The minimum atomic E-state index is -1.06. The van der Waals surface area contributed by atoms with Gasteiger partial charge in [-0.15, -0.1) is 0 Å². The molecular formula is C24H32N2O5. The third-order valence-electron chi connectivity index (χ3n) is 4.51. The molecule has 1 amide bonds. The van der Waals surface area contributed by atoms with Crippen molar-refractivity contribution in [2.24, 2.45) is 0 Å². The highest BCUT2D eigenvalue weighted by atomic mass is 16.6. The van der Waals surface area contributed by atoms with Crippen molar-refractivity contribution >= 4 is 17.7 Å². The second kappa shape index (κ2) is 10.8. The molecule has 0 aliphatic rings. The molecule has 0 heterocycles. The van der Waals surface area contributed by atoms with Gasteiger partial charge in [0, 0.05) is 5.69 Å². The third-order valence-corrected chi connectivity index (χ3v) is 4.51. The third kappa shape index (κ3) is 7.94. The van der Waals surface area contributed by atoms with Gasteiger partial charge in [0.15, 0.2) is 6.10 Å². The van der Waals surface area contributed by atoms with Gasteiger partial charge in [-0.2, -0.15) is 0 Å². The number of anilines is 1. The number of ether oxygens (including phenoxy) is 3. The molecule has 2 atom stereocenters. The van der Waals surface area contributed by atoms with Crippen LogP contribution in [0.5, 0.6) is 0 Å². The number of esters is 1. The number of nitrogens with two attached hydrogens (primary N) is 1. The predicted molar refractivity (Wildman–Crippen MR) is 119 cm³/mol. The van der Waals surface area contributed by atoms with Gasteiger partial charge in [0.2, 0.25) is 0 Å². The van der Waals surface area contributed by atoms with E-state index in [1.54, 1.807) is 26.8 Å². The van der Waals surface area contributed by atoms with Crippen molar-refractivity contribution in [3.8, 4) is 0 Å². The molecule has 0 saturated carbocycles. The second-order valence-corrected chi connectivity index (χ2v) is 8.40. The van der Waals surface area contributed by atoms with Gasteiger partial charge in [0.1, 0.15) is 5.60 Å². The molecule has 7 heteroatoms. The smallest absolute Gasteiger partial charge is 0.407 e. The van der Waals surface area contributed by atoms with Crippen LogP contribution >= 0.6 is 0 Å². The van der Waals surface area contributed by atoms with Gasteiger partial charge in [0.05, 0.1) is 19.8 Å². The summed E-state index contributed by atoms with van der Waals surface area (Å²) in [6.07, 6.45) is -1.44. The van der Waals surface area contributed by atoms with Crippen LogP contribution in [0.25, 0.3) is 0 Å². The van der Waals surface area contributed by atoms with Crippen molar-refractivity contribution in [1.29, 1.82) is 0 Å². The van der Waals surface area contributed by atoms with Crippen LogP contribution in [0.2, 0.25) is 0 Å². The molecule has 0 bridgehead atoms. The normalized spacial score (nSPS) is 13.2. The van der Waals surface area contributed by atoms with E-state index in [1.165, 1.54) is 7.11 Å². The lowest BCUT2D eigenvalue weighted by Gasteiger charge is -2.28. The van der Waals surface area contributed by atoms with Crippen LogP contribution in [0.1, 0.15) is 37.5 Å². The molecule has 31 heavy (non-hydrogen) atoms. The predicted octanol–water partition coefficient (Wildman–Crippen LogP) is 3.77. The zero-order chi connectivity index (χ0) is 23.0. The van der Waals surface area contributed by atoms with Crippen LogP contribution in [0.4, 0.5) is 10.5 Å². The minimum Gasteiger partial charge on any atom is -0.467 e. The van der Waals surface area contributed by atoms with E-state index in [0.717, 1.165) is 16.7 Å². The Morgan fingerprint density at radius 2 is 1.77 bits per heavy atom. The summed E-state index contributed by atoms with van der Waals surface area (Å²) in [7, 11) is 1.28. The highest BCUT2D eigenvalue weighted by Crippen LogP contribution is 2.20. The molecule has 0 unspecified atom stereocenters. The Kier molecular flexibility index (Phi) is 8.45. The molecule has 2 rings (SSSR count). The van der Waals surface area contributed by atoms with E-state index in [9.17, 15) is 9.59 Å². The fourth-order valence-electron chi connectivity index (χ4n) is 3.07. The monoisotopic (exact) mass is 428 g/mol. The molecule has 2 aromatic carbocycles. The molecule has 0 saturated heterocycles. The van der Waals surface area contributed by atoms with E-state index in [4.69, 9.17) is 19.9 Å². The average Bonchev–Trinajstić information content (AvgIpc) is 2.69. The molecule has 168 valence electrons. The number of hydrogen-bond donors (Lipinski definition) is 2. The average molecular weight is 429 g/mol. The summed E-state index contributed by atoms with van der Waals surface area (Å²) < 4.78 is 16.3. The van der Waals surface area contributed by atoms with Gasteiger partial charge in [-0.05, 0) is 51.3 Å². The van der Waals surface area contributed by atoms with Crippen LogP contribution in [-0.4, -0.2) is 36.9 Å². The number of benzene rings is 2. The van der Waals surface area contributed by atoms with Crippen molar-refractivity contribution in [3.05, 3.63) is 65.2 Å². The topological polar surface area (TPSA) is 99.9 Å². The van der Waals surface area contributed by atoms with E-state index < -0.39 is 29.8 Å². The summed E-state index contributed by atoms with van der Waals surface area (Å²) in [6, 6.07) is 14.3. The van der Waals surface area contributed by atoms with Crippen LogP contribution in [0.15, 0.2) is 48.5 Å². The van der Waals surface area contributed by atoms with Gasteiger partial charge >= 0.3 is 12.1 Å². The number of nitrogens with one attached hydrogen (secondary N) is 1. The molecule has 0 aliphatic carbocycles. The van der Waals surface area contributed by atoms with Crippen LogP contribution in [0.3, 0.4) is 0 Å². The Labute approximate surface area is 183 Å². The number of nitrogen functional groups attached to an aromatic ring is 1. The molecular weight excluding hydrogens is 396 g/mol. The Morgan fingerprint density at radius 1 is 1.10 bits per heavy atom. The second-order valence-electron chi connectivity index (χ2n) is 8.40. The zero-order valence-electron chi connectivity index (χ0n) is 18.8. The SMILES string of the molecule is COC(=O)[C@@H](OCc1ccccc1)[C@H](Cc1cc(C)ccc1N)NC(=O)OC(C)(C)C. The number of carbonyl (C=O) groups excluding carboxylic acids is 2. The number of aryl methyl sites for hydroxylation is 1. The van der Waals surface area contributed by atoms with Crippen molar-refractivity contribution in [2.75, 3.05) is 12.8 Å². The summed E-state index contributed by atoms with van der Waals surface area (Å²) in [4.78, 5) is 25.1. The van der Waals surface area contributed by atoms with Gasteiger partial charge in [-0.1, -0.05) is 48.0 Å². The summed E-state index contributed by atoms with van der Waals surface area (Å²) in [5.74, 6) is -0.594. The maximum absolute atomic E-state index is 12.6. The molecule has 0 aliphatic heterocycles. The van der Waals surface area contributed by atoms with Crippen molar-refractivity contribution in [1.82, 2.24) is 5.32 Å². The number of alkyl carbamates (subject to hydrolysis) is 1. The number of rotatable bonds is 8. The lowest BCUT2D eigenvalue weighted by Crippen LogP contribution is -2.51. The van der Waals surface area contributed by atoms with Crippen LogP contribution < -0.4 is 11.1 Å². The first kappa shape index (κ1) is 24.2. The minimum absolute atomic E-state index is 0.177.